The molecular formula is C27H18O2S. The minimum atomic E-state index is -0.138. The Labute approximate surface area is 178 Å². The van der Waals surface area contributed by atoms with E-state index < -0.39 is 0 Å². The molecule has 0 unspecified atom stereocenters. The van der Waals surface area contributed by atoms with Gasteiger partial charge in [0.15, 0.2) is 11.6 Å². The standard InChI is InChI=1S/C27H18O2S/c1-17-10-12-18(13-11-17)26(28)21-7-2-3-8-22(21)27(29)19-14-15-25-23(16-19)20-6-4-5-9-24(20)30-25/h2-16H,1H3. The van der Waals surface area contributed by atoms with Crippen molar-refractivity contribution in [1.82, 2.24) is 0 Å². The Morgan fingerprint density at radius 1 is 0.600 bits per heavy atom. The van der Waals surface area contributed by atoms with Crippen molar-refractivity contribution in [3.8, 4) is 0 Å². The summed E-state index contributed by atoms with van der Waals surface area (Å²) in [5.41, 5.74) is 3.13. The summed E-state index contributed by atoms with van der Waals surface area (Å²) in [5.74, 6) is -0.274. The van der Waals surface area contributed by atoms with Crippen LogP contribution < -0.4 is 0 Å². The molecule has 0 aliphatic heterocycles. The highest BCUT2D eigenvalue weighted by atomic mass is 32.1. The van der Waals surface area contributed by atoms with Crippen molar-refractivity contribution >= 4 is 43.1 Å². The number of hydrogen-bond acceptors (Lipinski definition) is 3. The molecule has 0 fully saturated rings. The molecule has 0 aliphatic carbocycles. The SMILES string of the molecule is Cc1ccc(C(=O)c2ccccc2C(=O)c2ccc3sc4ccccc4c3c2)cc1. The molecule has 0 saturated heterocycles. The third-order valence-electron chi connectivity index (χ3n) is 5.37. The maximum Gasteiger partial charge on any atom is 0.193 e. The summed E-state index contributed by atoms with van der Waals surface area (Å²) < 4.78 is 2.35. The first-order valence-corrected chi connectivity index (χ1v) is 10.6. The molecule has 0 radical (unpaired) electrons. The summed E-state index contributed by atoms with van der Waals surface area (Å²) in [6.45, 7) is 1.98. The van der Waals surface area contributed by atoms with Crippen LogP contribution in [0.4, 0.5) is 0 Å². The van der Waals surface area contributed by atoms with Crippen molar-refractivity contribution in [3.05, 3.63) is 119 Å². The van der Waals surface area contributed by atoms with Crippen LogP contribution in [-0.4, -0.2) is 11.6 Å². The van der Waals surface area contributed by atoms with E-state index in [1.165, 1.54) is 4.70 Å². The van der Waals surface area contributed by atoms with Gasteiger partial charge in [-0.05, 0) is 31.2 Å². The lowest BCUT2D eigenvalue weighted by Crippen LogP contribution is -2.11. The van der Waals surface area contributed by atoms with Crippen molar-refractivity contribution in [1.29, 1.82) is 0 Å². The maximum atomic E-state index is 13.4. The lowest BCUT2D eigenvalue weighted by atomic mass is 9.92. The first-order valence-electron chi connectivity index (χ1n) is 9.78. The molecule has 5 aromatic rings. The fourth-order valence-corrected chi connectivity index (χ4v) is 4.85. The van der Waals surface area contributed by atoms with Gasteiger partial charge in [-0.1, -0.05) is 72.3 Å². The summed E-state index contributed by atoms with van der Waals surface area (Å²) in [6.07, 6.45) is 0. The van der Waals surface area contributed by atoms with E-state index in [4.69, 9.17) is 0 Å². The number of benzene rings is 4. The Balaban J connectivity index is 1.59. The van der Waals surface area contributed by atoms with Crippen LogP contribution in [-0.2, 0) is 0 Å². The van der Waals surface area contributed by atoms with Crippen molar-refractivity contribution in [3.63, 3.8) is 0 Å². The number of thiophene rings is 1. The van der Waals surface area contributed by atoms with Crippen LogP contribution in [0.3, 0.4) is 0 Å². The van der Waals surface area contributed by atoms with Gasteiger partial charge < -0.3 is 0 Å². The summed E-state index contributed by atoms with van der Waals surface area (Å²) in [6, 6.07) is 28.5. The highest BCUT2D eigenvalue weighted by Gasteiger charge is 2.20. The number of carbonyl (C=O) groups excluding carboxylic acids is 2. The van der Waals surface area contributed by atoms with Gasteiger partial charge in [0.1, 0.15) is 0 Å². The number of rotatable bonds is 4. The zero-order valence-electron chi connectivity index (χ0n) is 16.4. The Hall–Kier alpha value is -3.56. The number of ketones is 2. The number of carbonyl (C=O) groups is 2. The molecule has 144 valence electrons. The third-order valence-corrected chi connectivity index (χ3v) is 6.52. The van der Waals surface area contributed by atoms with E-state index >= 15 is 0 Å². The Bertz CT molecular complexity index is 1420. The van der Waals surface area contributed by atoms with Crippen molar-refractivity contribution < 1.29 is 9.59 Å². The highest BCUT2D eigenvalue weighted by Crippen LogP contribution is 2.34. The molecule has 0 N–H and O–H groups in total. The molecule has 30 heavy (non-hydrogen) atoms. The number of aryl methyl sites for hydroxylation is 1. The van der Waals surface area contributed by atoms with Crippen molar-refractivity contribution in [2.45, 2.75) is 6.92 Å². The average Bonchev–Trinajstić information content (AvgIpc) is 3.16. The predicted octanol–water partition coefficient (Wildman–Crippen LogP) is 6.82. The van der Waals surface area contributed by atoms with Gasteiger partial charge in [0.2, 0.25) is 0 Å². The van der Waals surface area contributed by atoms with Crippen LogP contribution in [0.25, 0.3) is 20.2 Å². The molecule has 1 aromatic heterocycles. The number of fused-ring (bicyclic) bond motifs is 3. The van der Waals surface area contributed by atoms with E-state index in [1.807, 2.05) is 61.5 Å². The minimum Gasteiger partial charge on any atom is -0.289 e. The fourth-order valence-electron chi connectivity index (χ4n) is 3.76. The molecule has 0 amide bonds. The quantitative estimate of drug-likeness (QED) is 0.307. The molecule has 2 nitrogen and oxygen atoms in total. The van der Waals surface area contributed by atoms with Gasteiger partial charge in [-0.15, -0.1) is 11.3 Å². The molecular weight excluding hydrogens is 388 g/mol. The van der Waals surface area contributed by atoms with Crippen LogP contribution in [0, 0.1) is 6.92 Å². The van der Waals surface area contributed by atoms with E-state index in [-0.39, 0.29) is 11.6 Å². The molecule has 4 aromatic carbocycles. The largest absolute Gasteiger partial charge is 0.289 e. The second-order valence-corrected chi connectivity index (χ2v) is 8.46. The summed E-state index contributed by atoms with van der Waals surface area (Å²) in [7, 11) is 0. The van der Waals surface area contributed by atoms with Gasteiger partial charge in [0, 0.05) is 42.4 Å². The smallest absolute Gasteiger partial charge is 0.193 e. The van der Waals surface area contributed by atoms with Gasteiger partial charge >= 0.3 is 0 Å². The lowest BCUT2D eigenvalue weighted by molar-refractivity contribution is 0.100. The van der Waals surface area contributed by atoms with Gasteiger partial charge in [-0.25, -0.2) is 0 Å². The Morgan fingerprint density at radius 2 is 1.17 bits per heavy atom. The van der Waals surface area contributed by atoms with Crippen molar-refractivity contribution in [2.24, 2.45) is 0 Å². The monoisotopic (exact) mass is 406 g/mol. The molecule has 0 atom stereocenters. The molecule has 0 saturated carbocycles. The zero-order valence-corrected chi connectivity index (χ0v) is 17.2. The second-order valence-electron chi connectivity index (χ2n) is 7.38. The van der Waals surface area contributed by atoms with Gasteiger partial charge in [0.25, 0.3) is 0 Å². The zero-order chi connectivity index (χ0) is 20.7. The predicted molar refractivity (Wildman–Crippen MR) is 124 cm³/mol. The fraction of sp³-hybridized carbons (Fsp3) is 0.0370. The third kappa shape index (κ3) is 3.14. The van der Waals surface area contributed by atoms with Crippen molar-refractivity contribution in [2.75, 3.05) is 0 Å². The van der Waals surface area contributed by atoms with Crippen LogP contribution in [0.5, 0.6) is 0 Å². The first kappa shape index (κ1) is 18.5. The van der Waals surface area contributed by atoms with Crippen LogP contribution >= 0.6 is 11.3 Å². The van der Waals surface area contributed by atoms with E-state index in [1.54, 1.807) is 35.6 Å². The molecule has 0 aliphatic rings. The summed E-state index contributed by atoms with van der Waals surface area (Å²) in [5, 5.41) is 2.22. The van der Waals surface area contributed by atoms with Crippen LogP contribution in [0.2, 0.25) is 0 Å². The Morgan fingerprint density at radius 3 is 1.90 bits per heavy atom. The first-order chi connectivity index (χ1) is 14.6. The summed E-state index contributed by atoms with van der Waals surface area (Å²) >= 11 is 1.72. The normalized spacial score (nSPS) is 11.1. The van der Waals surface area contributed by atoms with E-state index in [0.29, 0.717) is 22.3 Å². The minimum absolute atomic E-state index is 0.136. The summed E-state index contributed by atoms with van der Waals surface area (Å²) in [4.78, 5) is 26.5. The molecule has 5 rings (SSSR count). The van der Waals surface area contributed by atoms with Crippen LogP contribution in [0.15, 0.2) is 91.0 Å². The van der Waals surface area contributed by atoms with Gasteiger partial charge in [0.05, 0.1) is 0 Å². The van der Waals surface area contributed by atoms with Crippen LogP contribution in [0.1, 0.15) is 37.4 Å². The van der Waals surface area contributed by atoms with E-state index in [9.17, 15) is 9.59 Å². The Kier molecular flexibility index (Phi) is 4.53. The molecule has 3 heteroatoms. The lowest BCUT2D eigenvalue weighted by Gasteiger charge is -2.09. The van der Waals surface area contributed by atoms with E-state index in [0.717, 1.165) is 21.0 Å². The van der Waals surface area contributed by atoms with Gasteiger partial charge in [-0.3, -0.25) is 9.59 Å². The molecule has 1 heterocycles. The maximum absolute atomic E-state index is 13.4. The molecule has 0 bridgehead atoms. The molecule has 0 spiro atoms. The average molecular weight is 407 g/mol. The number of hydrogen-bond donors (Lipinski definition) is 0. The topological polar surface area (TPSA) is 34.1 Å². The highest BCUT2D eigenvalue weighted by molar-refractivity contribution is 7.25. The van der Waals surface area contributed by atoms with Gasteiger partial charge in [-0.2, -0.15) is 0 Å². The second kappa shape index (κ2) is 7.36. The van der Waals surface area contributed by atoms with E-state index in [2.05, 4.69) is 12.1 Å².